The Morgan fingerprint density at radius 3 is 2.15 bits per heavy atom. The van der Waals surface area contributed by atoms with Crippen molar-refractivity contribution in [3.05, 3.63) is 48.0 Å². The van der Waals surface area contributed by atoms with Gasteiger partial charge in [0, 0.05) is 11.3 Å². The van der Waals surface area contributed by atoms with Crippen molar-refractivity contribution >= 4 is 21.7 Å². The Hall–Kier alpha value is -2.38. The number of primary sulfonamides is 1. The molecule has 7 heteroatoms. The van der Waals surface area contributed by atoms with Gasteiger partial charge in [0.15, 0.2) is 0 Å². The summed E-state index contributed by atoms with van der Waals surface area (Å²) in [6.45, 7) is 0. The summed E-state index contributed by atoms with van der Waals surface area (Å²) in [4.78, 5) is 10.8. The summed E-state index contributed by atoms with van der Waals surface area (Å²) in [5, 5.41) is 14.3. The summed E-state index contributed by atoms with van der Waals surface area (Å²) in [6.07, 6.45) is 0. The lowest BCUT2D eigenvalue weighted by molar-refractivity contribution is 0.0692. The van der Waals surface area contributed by atoms with Gasteiger partial charge in [0.05, 0.1) is 5.56 Å². The van der Waals surface area contributed by atoms with Crippen molar-refractivity contribution in [1.82, 2.24) is 0 Å². The van der Waals surface area contributed by atoms with Gasteiger partial charge in [0.2, 0.25) is 10.0 Å². The maximum atomic E-state index is 11.7. The fourth-order valence-corrected chi connectivity index (χ4v) is 2.86. The molecule has 2 rings (SSSR count). The van der Waals surface area contributed by atoms with Crippen molar-refractivity contribution < 1.29 is 18.3 Å². The first kappa shape index (κ1) is 14.0. The molecule has 0 heterocycles. The van der Waals surface area contributed by atoms with Crippen LogP contribution in [0, 0.1) is 0 Å². The highest BCUT2D eigenvalue weighted by Gasteiger charge is 2.23. The number of hydrogen-bond donors (Lipinski definition) is 3. The van der Waals surface area contributed by atoms with Gasteiger partial charge in [-0.1, -0.05) is 24.3 Å². The van der Waals surface area contributed by atoms with Crippen LogP contribution < -0.4 is 10.9 Å². The molecule has 0 unspecified atom stereocenters. The van der Waals surface area contributed by atoms with Gasteiger partial charge < -0.3 is 10.8 Å². The van der Waals surface area contributed by atoms with Crippen LogP contribution in [0.15, 0.2) is 47.4 Å². The van der Waals surface area contributed by atoms with Crippen LogP contribution in [0.4, 0.5) is 5.69 Å². The van der Waals surface area contributed by atoms with Crippen LogP contribution in [-0.2, 0) is 10.0 Å². The summed E-state index contributed by atoms with van der Waals surface area (Å²) in [5.74, 6) is -1.36. The third-order valence-electron chi connectivity index (χ3n) is 2.75. The van der Waals surface area contributed by atoms with E-state index in [-0.39, 0.29) is 11.1 Å². The van der Waals surface area contributed by atoms with Gasteiger partial charge >= 0.3 is 5.97 Å². The van der Waals surface area contributed by atoms with E-state index < -0.39 is 20.9 Å². The highest BCUT2D eigenvalue weighted by Crippen LogP contribution is 2.30. The van der Waals surface area contributed by atoms with E-state index in [1.807, 2.05) is 0 Å². The van der Waals surface area contributed by atoms with E-state index in [2.05, 4.69) is 0 Å². The largest absolute Gasteiger partial charge is 0.478 e. The van der Waals surface area contributed by atoms with Crippen molar-refractivity contribution in [2.75, 3.05) is 5.73 Å². The molecule has 0 bridgehead atoms. The predicted molar refractivity (Wildman–Crippen MR) is 74.6 cm³/mol. The van der Waals surface area contributed by atoms with E-state index in [4.69, 9.17) is 16.0 Å². The van der Waals surface area contributed by atoms with Gasteiger partial charge in [-0.25, -0.2) is 18.4 Å². The Balaban J connectivity index is 2.80. The molecule has 6 nitrogen and oxygen atoms in total. The lowest BCUT2D eigenvalue weighted by atomic mass is 10.0. The number of aromatic carboxylic acids is 1. The molecule has 0 aliphatic carbocycles. The number of nitrogens with two attached hydrogens (primary N) is 2. The van der Waals surface area contributed by atoms with Crippen LogP contribution in [0.2, 0.25) is 0 Å². The van der Waals surface area contributed by atoms with Crippen LogP contribution in [0.25, 0.3) is 11.1 Å². The number of benzene rings is 2. The molecular formula is C13H12N2O4S. The molecule has 104 valence electrons. The van der Waals surface area contributed by atoms with Crippen molar-refractivity contribution in [2.45, 2.75) is 4.90 Å². The normalized spacial score (nSPS) is 11.2. The van der Waals surface area contributed by atoms with Gasteiger partial charge in [-0.15, -0.1) is 0 Å². The Labute approximate surface area is 115 Å². The third kappa shape index (κ3) is 2.63. The standard InChI is InChI=1S/C13H12N2O4S/c14-9-6-4-8(5-7-9)10-2-1-3-11(13(16)17)12(10)20(15,18)19/h1-7H,14H2,(H,16,17)(H2,15,18,19). The molecule has 0 amide bonds. The number of sulfonamides is 1. The van der Waals surface area contributed by atoms with Crippen molar-refractivity contribution in [3.8, 4) is 11.1 Å². The smallest absolute Gasteiger partial charge is 0.337 e. The van der Waals surface area contributed by atoms with Crippen LogP contribution in [0.5, 0.6) is 0 Å². The fourth-order valence-electron chi connectivity index (χ4n) is 1.90. The van der Waals surface area contributed by atoms with Crippen LogP contribution in [-0.4, -0.2) is 19.5 Å². The van der Waals surface area contributed by atoms with Gasteiger partial charge in [-0.2, -0.15) is 0 Å². The number of nitrogen functional groups attached to an aromatic ring is 1. The molecule has 0 aliphatic rings. The lowest BCUT2D eigenvalue weighted by Crippen LogP contribution is -2.18. The summed E-state index contributed by atoms with van der Waals surface area (Å²) in [5.41, 5.74) is 6.47. The molecule has 0 saturated carbocycles. The Kier molecular flexibility index (Phi) is 3.47. The fraction of sp³-hybridized carbons (Fsp3) is 0. The summed E-state index contributed by atoms with van der Waals surface area (Å²) >= 11 is 0. The van der Waals surface area contributed by atoms with Crippen molar-refractivity contribution in [3.63, 3.8) is 0 Å². The second-order valence-electron chi connectivity index (χ2n) is 4.15. The number of carboxylic acid groups (broad SMARTS) is 1. The van der Waals surface area contributed by atoms with E-state index in [1.54, 1.807) is 24.3 Å². The molecule has 2 aromatic rings. The number of carboxylic acids is 1. The summed E-state index contributed by atoms with van der Waals surface area (Å²) < 4.78 is 23.4. The first-order chi connectivity index (χ1) is 9.30. The minimum absolute atomic E-state index is 0.229. The topological polar surface area (TPSA) is 123 Å². The Morgan fingerprint density at radius 2 is 1.65 bits per heavy atom. The van der Waals surface area contributed by atoms with E-state index >= 15 is 0 Å². The maximum Gasteiger partial charge on any atom is 0.337 e. The Bertz CT molecular complexity index is 767. The SMILES string of the molecule is Nc1ccc(-c2cccc(C(=O)O)c2S(N)(=O)=O)cc1. The van der Waals surface area contributed by atoms with E-state index in [0.717, 1.165) is 0 Å². The average molecular weight is 292 g/mol. The second-order valence-corrected chi connectivity index (χ2v) is 5.65. The zero-order valence-electron chi connectivity index (χ0n) is 10.3. The minimum atomic E-state index is -4.18. The van der Waals surface area contributed by atoms with Crippen LogP contribution >= 0.6 is 0 Å². The molecule has 0 fully saturated rings. The third-order valence-corrected chi connectivity index (χ3v) is 3.76. The number of rotatable bonds is 3. The molecule has 0 aromatic heterocycles. The molecule has 20 heavy (non-hydrogen) atoms. The van der Waals surface area contributed by atoms with Crippen LogP contribution in [0.1, 0.15) is 10.4 Å². The molecule has 5 N–H and O–H groups in total. The zero-order chi connectivity index (χ0) is 14.9. The summed E-state index contributed by atoms with van der Waals surface area (Å²) in [6, 6.07) is 10.5. The van der Waals surface area contributed by atoms with Crippen molar-refractivity contribution in [1.29, 1.82) is 0 Å². The molecule has 0 saturated heterocycles. The zero-order valence-corrected chi connectivity index (χ0v) is 11.1. The van der Waals surface area contributed by atoms with E-state index in [9.17, 15) is 13.2 Å². The second kappa shape index (κ2) is 4.95. The molecule has 2 aromatic carbocycles. The quantitative estimate of drug-likeness (QED) is 0.735. The number of carbonyl (C=O) groups is 1. The minimum Gasteiger partial charge on any atom is -0.478 e. The van der Waals surface area contributed by atoms with Crippen molar-refractivity contribution in [2.24, 2.45) is 5.14 Å². The van der Waals surface area contributed by atoms with E-state index in [0.29, 0.717) is 11.3 Å². The van der Waals surface area contributed by atoms with Crippen LogP contribution in [0.3, 0.4) is 0 Å². The Morgan fingerprint density at radius 1 is 1.05 bits per heavy atom. The first-order valence-electron chi connectivity index (χ1n) is 5.55. The van der Waals surface area contributed by atoms with Gasteiger partial charge in [-0.3, -0.25) is 0 Å². The molecular weight excluding hydrogens is 280 g/mol. The molecule has 0 radical (unpaired) electrons. The lowest BCUT2D eigenvalue weighted by Gasteiger charge is -2.11. The van der Waals surface area contributed by atoms with Gasteiger partial charge in [0.25, 0.3) is 0 Å². The highest BCUT2D eigenvalue weighted by molar-refractivity contribution is 7.89. The number of hydrogen-bond acceptors (Lipinski definition) is 4. The van der Waals surface area contributed by atoms with Gasteiger partial charge in [-0.05, 0) is 23.8 Å². The maximum absolute atomic E-state index is 11.7. The average Bonchev–Trinajstić information content (AvgIpc) is 2.37. The molecule has 0 aliphatic heterocycles. The molecule has 0 spiro atoms. The summed E-state index contributed by atoms with van der Waals surface area (Å²) in [7, 11) is -4.18. The number of anilines is 1. The highest BCUT2D eigenvalue weighted by atomic mass is 32.2. The first-order valence-corrected chi connectivity index (χ1v) is 7.10. The molecule has 0 atom stereocenters. The van der Waals surface area contributed by atoms with E-state index in [1.165, 1.54) is 18.2 Å². The van der Waals surface area contributed by atoms with Gasteiger partial charge in [0.1, 0.15) is 4.90 Å². The predicted octanol–water partition coefficient (Wildman–Crippen LogP) is 1.28. The monoisotopic (exact) mass is 292 g/mol.